The van der Waals surface area contributed by atoms with Crippen LogP contribution in [0.1, 0.15) is 5.56 Å². The van der Waals surface area contributed by atoms with Crippen molar-refractivity contribution < 1.29 is 13.5 Å². The Morgan fingerprint density at radius 3 is 2.80 bits per heavy atom. The number of ether oxygens (including phenoxy) is 1. The van der Waals surface area contributed by atoms with Crippen molar-refractivity contribution in [1.82, 2.24) is 0 Å². The average molecular weight is 212 g/mol. The summed E-state index contributed by atoms with van der Waals surface area (Å²) in [6.45, 7) is -0.657. The zero-order valence-corrected chi connectivity index (χ0v) is 7.91. The molecule has 0 heterocycles. The fourth-order valence-electron chi connectivity index (χ4n) is 1.07. The SMILES string of the molecule is N#CCc1cc(OCC(F)F)ccc1N. The van der Waals surface area contributed by atoms with Gasteiger partial charge in [0.1, 0.15) is 12.4 Å². The summed E-state index contributed by atoms with van der Waals surface area (Å²) in [4.78, 5) is 0. The number of nitriles is 1. The van der Waals surface area contributed by atoms with Gasteiger partial charge >= 0.3 is 0 Å². The molecule has 80 valence electrons. The number of nitrogen functional groups attached to an aromatic ring is 1. The standard InChI is InChI=1S/C10H10F2N2O/c11-10(12)6-15-8-1-2-9(14)7(5-8)3-4-13/h1-2,5,10H,3,6,14H2. The number of rotatable bonds is 4. The van der Waals surface area contributed by atoms with Gasteiger partial charge in [-0.2, -0.15) is 5.26 Å². The second kappa shape index (κ2) is 5.15. The smallest absolute Gasteiger partial charge is 0.272 e. The molecule has 15 heavy (non-hydrogen) atoms. The Morgan fingerprint density at radius 2 is 2.20 bits per heavy atom. The minimum atomic E-state index is -2.51. The van der Waals surface area contributed by atoms with Crippen LogP contribution in [0.15, 0.2) is 18.2 Å². The average Bonchev–Trinajstić information content (AvgIpc) is 2.19. The molecule has 0 aliphatic carbocycles. The van der Waals surface area contributed by atoms with Gasteiger partial charge < -0.3 is 10.5 Å². The summed E-state index contributed by atoms with van der Waals surface area (Å²) in [5.41, 5.74) is 6.62. The van der Waals surface area contributed by atoms with Crippen LogP contribution >= 0.6 is 0 Å². The van der Waals surface area contributed by atoms with Crippen molar-refractivity contribution in [3.05, 3.63) is 23.8 Å². The number of anilines is 1. The van der Waals surface area contributed by atoms with Gasteiger partial charge in [0.25, 0.3) is 6.43 Å². The third-order valence-electron chi connectivity index (χ3n) is 1.76. The van der Waals surface area contributed by atoms with Crippen LogP contribution in [-0.4, -0.2) is 13.0 Å². The van der Waals surface area contributed by atoms with Crippen molar-refractivity contribution in [1.29, 1.82) is 5.26 Å². The Labute approximate surface area is 86.1 Å². The van der Waals surface area contributed by atoms with E-state index in [2.05, 4.69) is 0 Å². The second-order valence-electron chi connectivity index (χ2n) is 2.90. The van der Waals surface area contributed by atoms with Crippen LogP contribution in [0.4, 0.5) is 14.5 Å². The van der Waals surface area contributed by atoms with Gasteiger partial charge in [0.2, 0.25) is 0 Å². The second-order valence-corrected chi connectivity index (χ2v) is 2.90. The quantitative estimate of drug-likeness (QED) is 0.776. The summed E-state index contributed by atoms with van der Waals surface area (Å²) in [5, 5.41) is 8.49. The summed E-state index contributed by atoms with van der Waals surface area (Å²) < 4.78 is 28.5. The normalized spacial score (nSPS) is 10.0. The van der Waals surface area contributed by atoms with Crippen molar-refractivity contribution in [2.45, 2.75) is 12.8 Å². The first-order chi connectivity index (χ1) is 7.13. The molecule has 0 saturated carbocycles. The lowest BCUT2D eigenvalue weighted by atomic mass is 10.1. The van der Waals surface area contributed by atoms with Crippen LogP contribution in [-0.2, 0) is 6.42 Å². The summed E-state index contributed by atoms with van der Waals surface area (Å²) in [5.74, 6) is 0.301. The molecule has 0 aliphatic rings. The van der Waals surface area contributed by atoms with E-state index < -0.39 is 13.0 Å². The molecule has 0 fully saturated rings. The van der Waals surface area contributed by atoms with Gasteiger partial charge in [0.15, 0.2) is 0 Å². The molecule has 1 aromatic carbocycles. The number of hydrogen-bond donors (Lipinski definition) is 1. The van der Waals surface area contributed by atoms with Gasteiger partial charge in [0.05, 0.1) is 12.5 Å². The monoisotopic (exact) mass is 212 g/mol. The topological polar surface area (TPSA) is 59.0 Å². The molecule has 0 aliphatic heterocycles. The molecule has 0 saturated heterocycles. The molecule has 1 rings (SSSR count). The van der Waals surface area contributed by atoms with Crippen molar-refractivity contribution in [2.24, 2.45) is 0 Å². The highest BCUT2D eigenvalue weighted by molar-refractivity contribution is 5.51. The molecule has 5 heteroatoms. The summed E-state index contributed by atoms with van der Waals surface area (Å²) >= 11 is 0. The Balaban J connectivity index is 2.74. The number of nitrogens with zero attached hydrogens (tertiary/aromatic N) is 1. The first-order valence-electron chi connectivity index (χ1n) is 4.29. The first-order valence-corrected chi connectivity index (χ1v) is 4.29. The number of hydrogen-bond acceptors (Lipinski definition) is 3. The molecular weight excluding hydrogens is 202 g/mol. The van der Waals surface area contributed by atoms with Gasteiger partial charge in [-0.25, -0.2) is 8.78 Å². The molecule has 3 nitrogen and oxygen atoms in total. The fraction of sp³-hybridized carbons (Fsp3) is 0.300. The number of alkyl halides is 2. The van der Waals surface area contributed by atoms with Crippen LogP contribution < -0.4 is 10.5 Å². The van der Waals surface area contributed by atoms with Crippen molar-refractivity contribution >= 4 is 5.69 Å². The van der Waals surface area contributed by atoms with Crippen molar-refractivity contribution in [3.8, 4) is 11.8 Å². The lowest BCUT2D eigenvalue weighted by Gasteiger charge is -2.07. The number of benzene rings is 1. The van der Waals surface area contributed by atoms with E-state index >= 15 is 0 Å². The van der Waals surface area contributed by atoms with E-state index in [1.807, 2.05) is 6.07 Å². The molecular formula is C10H10F2N2O. The summed E-state index contributed by atoms with van der Waals surface area (Å²) in [6.07, 6.45) is -2.38. The largest absolute Gasteiger partial charge is 0.488 e. The van der Waals surface area contributed by atoms with E-state index in [0.717, 1.165) is 0 Å². The number of nitrogens with two attached hydrogens (primary N) is 1. The molecule has 0 aromatic heterocycles. The Bertz CT molecular complexity index is 374. The lowest BCUT2D eigenvalue weighted by molar-refractivity contribution is 0.0819. The third-order valence-corrected chi connectivity index (χ3v) is 1.76. The Kier molecular flexibility index (Phi) is 3.86. The van der Waals surface area contributed by atoms with E-state index in [-0.39, 0.29) is 6.42 Å². The van der Waals surface area contributed by atoms with E-state index in [0.29, 0.717) is 17.0 Å². The third kappa shape index (κ3) is 3.43. The highest BCUT2D eigenvalue weighted by Gasteiger charge is 2.05. The fourth-order valence-corrected chi connectivity index (χ4v) is 1.07. The highest BCUT2D eigenvalue weighted by Crippen LogP contribution is 2.20. The van der Waals surface area contributed by atoms with Crippen LogP contribution in [0.25, 0.3) is 0 Å². The maximum atomic E-state index is 11.8. The lowest BCUT2D eigenvalue weighted by Crippen LogP contribution is -2.07. The summed E-state index contributed by atoms with van der Waals surface area (Å²) in [6, 6.07) is 6.47. The van der Waals surface area contributed by atoms with Crippen molar-refractivity contribution in [3.63, 3.8) is 0 Å². The van der Waals surface area contributed by atoms with Gasteiger partial charge in [0, 0.05) is 5.69 Å². The molecule has 2 N–H and O–H groups in total. The first kappa shape index (κ1) is 11.2. The van der Waals surface area contributed by atoms with Crippen LogP contribution in [0.5, 0.6) is 5.75 Å². The highest BCUT2D eigenvalue weighted by atomic mass is 19.3. The van der Waals surface area contributed by atoms with E-state index in [4.69, 9.17) is 15.7 Å². The van der Waals surface area contributed by atoms with E-state index in [9.17, 15) is 8.78 Å². The number of halogens is 2. The molecule has 0 atom stereocenters. The Hall–Kier alpha value is -1.83. The van der Waals surface area contributed by atoms with E-state index in [1.165, 1.54) is 18.2 Å². The van der Waals surface area contributed by atoms with Crippen molar-refractivity contribution in [2.75, 3.05) is 12.3 Å². The molecule has 1 aromatic rings. The van der Waals surface area contributed by atoms with Crippen LogP contribution in [0.3, 0.4) is 0 Å². The predicted molar refractivity (Wildman–Crippen MR) is 51.7 cm³/mol. The van der Waals surface area contributed by atoms with Gasteiger partial charge in [-0.15, -0.1) is 0 Å². The summed E-state index contributed by atoms with van der Waals surface area (Å²) in [7, 11) is 0. The van der Waals surface area contributed by atoms with E-state index in [1.54, 1.807) is 0 Å². The molecule has 0 spiro atoms. The van der Waals surface area contributed by atoms with Gasteiger partial charge in [-0.05, 0) is 23.8 Å². The van der Waals surface area contributed by atoms with Crippen LogP contribution in [0.2, 0.25) is 0 Å². The molecule has 0 radical (unpaired) electrons. The zero-order valence-electron chi connectivity index (χ0n) is 7.91. The van der Waals surface area contributed by atoms with Gasteiger partial charge in [-0.3, -0.25) is 0 Å². The predicted octanol–water partition coefficient (Wildman–Crippen LogP) is 1.98. The molecule has 0 bridgehead atoms. The minimum Gasteiger partial charge on any atom is -0.488 e. The molecule has 0 amide bonds. The van der Waals surface area contributed by atoms with Crippen LogP contribution in [0, 0.1) is 11.3 Å². The Morgan fingerprint density at radius 1 is 1.47 bits per heavy atom. The zero-order chi connectivity index (χ0) is 11.3. The minimum absolute atomic E-state index is 0.137. The van der Waals surface area contributed by atoms with Gasteiger partial charge in [-0.1, -0.05) is 0 Å². The maximum absolute atomic E-state index is 11.8. The molecule has 0 unspecified atom stereocenters. The maximum Gasteiger partial charge on any atom is 0.272 e.